The first kappa shape index (κ1) is 21.8. The number of benzene rings is 2. The van der Waals surface area contributed by atoms with Crippen molar-refractivity contribution in [3.8, 4) is 11.5 Å². The van der Waals surface area contributed by atoms with Gasteiger partial charge in [-0.15, -0.1) is 5.10 Å². The second kappa shape index (κ2) is 9.82. The molecule has 2 aliphatic heterocycles. The molecule has 8 nitrogen and oxygen atoms in total. The third kappa shape index (κ3) is 5.44. The fraction of sp³-hybridized carbons (Fsp3) is 0.273. The van der Waals surface area contributed by atoms with Crippen molar-refractivity contribution >= 4 is 40.1 Å². The Morgan fingerprint density at radius 1 is 1.25 bits per heavy atom. The van der Waals surface area contributed by atoms with E-state index in [0.29, 0.717) is 6.42 Å². The maximum atomic E-state index is 13.8. The topological polar surface area (TPSA) is 101 Å². The number of ether oxygens (including phenoxy) is 2. The molecule has 0 spiro atoms. The standard InChI is InChI=1S/C22H21FN4O4S/c1-13(6-7-14-8-9-17-18(10-14)31-12-30-17)26-27-22-25-20(28)11-19(32-22)21(29)24-16-5-3-2-4-15(16)23/h2-5,8-10,19H,6-7,11-12H2,1H3,(H,24,29)(H,25,27,28)/b26-13-/t19-/m0/s1. The number of hydrogen-bond acceptors (Lipinski definition) is 7. The number of halogens is 1. The number of amides is 2. The van der Waals surface area contributed by atoms with E-state index in [0.717, 1.165) is 41.0 Å². The monoisotopic (exact) mass is 456 g/mol. The minimum absolute atomic E-state index is 0.0310. The molecule has 2 aromatic carbocycles. The molecular formula is C22H21FN4O4S. The van der Waals surface area contributed by atoms with Crippen molar-refractivity contribution in [1.29, 1.82) is 0 Å². The number of thioether (sulfide) groups is 1. The molecule has 0 aromatic heterocycles. The fourth-order valence-electron chi connectivity index (χ4n) is 3.12. The summed E-state index contributed by atoms with van der Waals surface area (Å²) in [5, 5.41) is 12.9. The number of hydrogen-bond donors (Lipinski definition) is 2. The average molecular weight is 456 g/mol. The molecule has 0 saturated carbocycles. The molecule has 0 aliphatic carbocycles. The Morgan fingerprint density at radius 3 is 2.91 bits per heavy atom. The zero-order valence-corrected chi connectivity index (χ0v) is 18.1. The van der Waals surface area contributed by atoms with E-state index in [-0.39, 0.29) is 30.0 Å². The smallest absolute Gasteiger partial charge is 0.238 e. The minimum Gasteiger partial charge on any atom is -0.454 e. The number of fused-ring (bicyclic) bond motifs is 1. The summed E-state index contributed by atoms with van der Waals surface area (Å²) in [5.41, 5.74) is 1.92. The molecule has 2 aliphatic rings. The van der Waals surface area contributed by atoms with Gasteiger partial charge in [-0.25, -0.2) is 4.39 Å². The molecule has 2 amide bonds. The summed E-state index contributed by atoms with van der Waals surface area (Å²) in [4.78, 5) is 24.5. The van der Waals surface area contributed by atoms with Crippen LogP contribution >= 0.6 is 11.8 Å². The summed E-state index contributed by atoms with van der Waals surface area (Å²) in [5.74, 6) is 0.126. The van der Waals surface area contributed by atoms with Crippen LogP contribution in [0.4, 0.5) is 10.1 Å². The lowest BCUT2D eigenvalue weighted by atomic mass is 10.1. The predicted molar refractivity (Wildman–Crippen MR) is 121 cm³/mol. The molecule has 2 N–H and O–H groups in total. The highest BCUT2D eigenvalue weighted by Crippen LogP contribution is 2.32. The second-order valence-electron chi connectivity index (χ2n) is 7.26. The van der Waals surface area contributed by atoms with Gasteiger partial charge in [0.2, 0.25) is 18.6 Å². The molecular weight excluding hydrogens is 435 g/mol. The van der Waals surface area contributed by atoms with Gasteiger partial charge in [-0.1, -0.05) is 30.0 Å². The van der Waals surface area contributed by atoms with Gasteiger partial charge in [-0.2, -0.15) is 5.10 Å². The minimum atomic E-state index is -0.730. The average Bonchev–Trinajstić information content (AvgIpc) is 3.25. The van der Waals surface area contributed by atoms with E-state index in [1.165, 1.54) is 18.2 Å². The highest BCUT2D eigenvalue weighted by atomic mass is 32.2. The number of carbonyl (C=O) groups excluding carboxylic acids is 2. The SMILES string of the molecule is C/C(CCc1ccc2c(c1)OCO2)=N/N=C1/NC(=O)C[C@@H](C(=O)Nc2ccccc2F)S1. The highest BCUT2D eigenvalue weighted by Gasteiger charge is 2.30. The number of para-hydroxylation sites is 1. The fourth-order valence-corrected chi connectivity index (χ4v) is 4.05. The highest BCUT2D eigenvalue weighted by molar-refractivity contribution is 8.15. The molecule has 4 rings (SSSR count). The van der Waals surface area contributed by atoms with Gasteiger partial charge in [0, 0.05) is 12.1 Å². The van der Waals surface area contributed by atoms with Gasteiger partial charge in [0.1, 0.15) is 11.1 Å². The Labute approximate surface area is 188 Å². The Kier molecular flexibility index (Phi) is 6.69. The number of amidine groups is 1. The van der Waals surface area contributed by atoms with Crippen LogP contribution < -0.4 is 20.1 Å². The molecule has 1 fully saturated rings. The van der Waals surface area contributed by atoms with Gasteiger partial charge in [0.05, 0.1) is 5.69 Å². The molecule has 0 radical (unpaired) electrons. The lowest BCUT2D eigenvalue weighted by molar-refractivity contribution is -0.123. The van der Waals surface area contributed by atoms with Crippen LogP contribution in [0, 0.1) is 5.82 Å². The van der Waals surface area contributed by atoms with Gasteiger partial charge in [0.15, 0.2) is 16.7 Å². The molecule has 2 aromatic rings. The Hall–Kier alpha value is -3.40. The summed E-state index contributed by atoms with van der Waals surface area (Å²) in [6.45, 7) is 2.08. The first-order valence-corrected chi connectivity index (χ1v) is 10.9. The lowest BCUT2D eigenvalue weighted by Crippen LogP contribution is -2.42. The van der Waals surface area contributed by atoms with Crippen molar-refractivity contribution in [2.45, 2.75) is 31.4 Å². The van der Waals surface area contributed by atoms with Crippen LogP contribution in [0.1, 0.15) is 25.3 Å². The van der Waals surface area contributed by atoms with E-state index >= 15 is 0 Å². The lowest BCUT2D eigenvalue weighted by Gasteiger charge is -2.21. The molecule has 2 heterocycles. The van der Waals surface area contributed by atoms with Gasteiger partial charge in [-0.05, 0) is 49.6 Å². The third-order valence-electron chi connectivity index (χ3n) is 4.82. The summed E-state index contributed by atoms with van der Waals surface area (Å²) >= 11 is 1.08. The van der Waals surface area contributed by atoms with Crippen LogP contribution in [0.25, 0.3) is 0 Å². The molecule has 32 heavy (non-hydrogen) atoms. The van der Waals surface area contributed by atoms with E-state index in [2.05, 4.69) is 20.8 Å². The van der Waals surface area contributed by atoms with Crippen LogP contribution in [-0.2, 0) is 16.0 Å². The molecule has 1 saturated heterocycles. The number of nitrogens with zero attached hydrogens (tertiary/aromatic N) is 2. The van der Waals surface area contributed by atoms with Crippen LogP contribution in [0.5, 0.6) is 11.5 Å². The van der Waals surface area contributed by atoms with Crippen LogP contribution in [-0.4, -0.2) is 34.7 Å². The van der Waals surface area contributed by atoms with Gasteiger partial charge in [0.25, 0.3) is 0 Å². The first-order valence-electron chi connectivity index (χ1n) is 9.99. The van der Waals surface area contributed by atoms with Crippen LogP contribution in [0.3, 0.4) is 0 Å². The van der Waals surface area contributed by atoms with Crippen molar-refractivity contribution in [3.05, 3.63) is 53.8 Å². The Balaban J connectivity index is 1.35. The summed E-state index contributed by atoms with van der Waals surface area (Å²) in [6, 6.07) is 11.7. The van der Waals surface area contributed by atoms with E-state index in [9.17, 15) is 14.0 Å². The quantitative estimate of drug-likeness (QED) is 0.512. The number of rotatable bonds is 6. The van der Waals surface area contributed by atoms with Gasteiger partial charge in [-0.3, -0.25) is 9.59 Å². The van der Waals surface area contributed by atoms with E-state index < -0.39 is 17.0 Å². The predicted octanol–water partition coefficient (Wildman–Crippen LogP) is 3.48. The third-order valence-corrected chi connectivity index (χ3v) is 5.89. The first-order chi connectivity index (χ1) is 15.5. The normalized spacial score (nSPS) is 19.1. The van der Waals surface area contributed by atoms with Crippen LogP contribution in [0.2, 0.25) is 0 Å². The Morgan fingerprint density at radius 2 is 2.06 bits per heavy atom. The number of carbonyl (C=O) groups is 2. The summed E-state index contributed by atoms with van der Waals surface area (Å²) < 4.78 is 24.5. The Bertz CT molecular complexity index is 1110. The van der Waals surface area contributed by atoms with E-state index in [1.54, 1.807) is 6.07 Å². The molecule has 166 valence electrons. The number of anilines is 1. The maximum Gasteiger partial charge on any atom is 0.238 e. The van der Waals surface area contributed by atoms with Crippen molar-refractivity contribution in [2.24, 2.45) is 10.2 Å². The zero-order chi connectivity index (χ0) is 22.5. The van der Waals surface area contributed by atoms with Crippen molar-refractivity contribution in [1.82, 2.24) is 5.32 Å². The molecule has 0 unspecified atom stereocenters. The zero-order valence-electron chi connectivity index (χ0n) is 17.3. The van der Waals surface area contributed by atoms with Crippen molar-refractivity contribution in [3.63, 3.8) is 0 Å². The summed E-state index contributed by atoms with van der Waals surface area (Å²) in [7, 11) is 0. The molecule has 0 bridgehead atoms. The molecule has 1 atom stereocenters. The molecule has 10 heteroatoms. The van der Waals surface area contributed by atoms with Crippen molar-refractivity contribution in [2.75, 3.05) is 12.1 Å². The van der Waals surface area contributed by atoms with E-state index in [4.69, 9.17) is 9.47 Å². The number of aryl methyl sites for hydroxylation is 1. The maximum absolute atomic E-state index is 13.8. The van der Waals surface area contributed by atoms with E-state index in [1.807, 2.05) is 25.1 Å². The van der Waals surface area contributed by atoms with Crippen molar-refractivity contribution < 1.29 is 23.5 Å². The largest absolute Gasteiger partial charge is 0.454 e. The van der Waals surface area contributed by atoms with Crippen LogP contribution in [0.15, 0.2) is 52.7 Å². The number of nitrogens with one attached hydrogen (secondary N) is 2. The van der Waals surface area contributed by atoms with Gasteiger partial charge < -0.3 is 20.1 Å². The summed E-state index contributed by atoms with van der Waals surface area (Å²) in [6.07, 6.45) is 1.37. The van der Waals surface area contributed by atoms with Gasteiger partial charge >= 0.3 is 0 Å². The second-order valence-corrected chi connectivity index (χ2v) is 8.45.